The summed E-state index contributed by atoms with van der Waals surface area (Å²) in [6.45, 7) is 3.71. The van der Waals surface area contributed by atoms with Crippen molar-refractivity contribution in [2.24, 2.45) is 0 Å². The van der Waals surface area contributed by atoms with Crippen LogP contribution in [-0.2, 0) is 11.0 Å². The van der Waals surface area contributed by atoms with Gasteiger partial charge in [0.2, 0.25) is 0 Å². The molecule has 3 aromatic rings. The van der Waals surface area contributed by atoms with E-state index in [9.17, 15) is 27.9 Å². The first-order valence-corrected chi connectivity index (χ1v) is 12.5. The van der Waals surface area contributed by atoms with Gasteiger partial charge in [-0.15, -0.1) is 0 Å². The summed E-state index contributed by atoms with van der Waals surface area (Å²) in [4.78, 5) is 26.3. The molecular weight excluding hydrogens is 515 g/mol. The summed E-state index contributed by atoms with van der Waals surface area (Å²) in [6.07, 6.45) is -3.50. The quantitative estimate of drug-likeness (QED) is 0.281. The van der Waals surface area contributed by atoms with Crippen LogP contribution in [0.25, 0.3) is 11.1 Å². The van der Waals surface area contributed by atoms with Crippen LogP contribution in [0.4, 0.5) is 24.5 Å². The number of hydrogen-bond donors (Lipinski definition) is 3. The highest BCUT2D eigenvalue weighted by Gasteiger charge is 2.41. The van der Waals surface area contributed by atoms with Crippen molar-refractivity contribution in [3.8, 4) is 11.1 Å². The molecule has 0 aromatic heterocycles. The van der Waals surface area contributed by atoms with Crippen LogP contribution >= 0.6 is 12.2 Å². The first-order valence-electron chi connectivity index (χ1n) is 12.0. The minimum absolute atomic E-state index is 0.0134. The van der Waals surface area contributed by atoms with E-state index in [2.05, 4.69) is 10.6 Å². The number of benzene rings is 3. The first kappa shape index (κ1) is 27.1. The predicted molar refractivity (Wildman–Crippen MR) is 144 cm³/mol. The van der Waals surface area contributed by atoms with Crippen LogP contribution in [0.5, 0.6) is 0 Å². The van der Waals surface area contributed by atoms with E-state index in [1.165, 1.54) is 23.1 Å². The monoisotopic (exact) mass is 541 g/mol. The molecule has 3 N–H and O–H groups in total. The fourth-order valence-electron chi connectivity index (χ4n) is 4.68. The highest BCUT2D eigenvalue weighted by Crippen LogP contribution is 2.38. The fourth-order valence-corrected chi connectivity index (χ4v) is 4.91. The van der Waals surface area contributed by atoms with Crippen molar-refractivity contribution >= 4 is 40.6 Å². The molecule has 0 bridgehead atoms. The number of thiocarbonyl (C=S) groups is 1. The van der Waals surface area contributed by atoms with E-state index in [4.69, 9.17) is 12.2 Å². The third-order valence-electron chi connectivity index (χ3n) is 6.52. The van der Waals surface area contributed by atoms with Gasteiger partial charge in [0.25, 0.3) is 5.91 Å². The Bertz CT molecular complexity index is 1380. The molecule has 0 spiro atoms. The third kappa shape index (κ3) is 5.50. The number of aliphatic carboxylic acids is 1. The normalized spacial score (nSPS) is 15.7. The standard InChI is InChI=1S/C28H26F3N3O3S/c1-3-6-24(26(36)37)34-16(2)21-15-18(11-14-20(21)25(34)35)17-9-12-19(13-10-17)32-27(38)33-23-8-5-4-7-22(23)28(29,30)31/h4-5,7-16,24H,3,6H2,1-2H3,(H,36,37)(H2,32,33,38)/t16-,24?/m0/s1. The molecule has 0 fully saturated rings. The maximum absolute atomic E-state index is 13.2. The summed E-state index contributed by atoms with van der Waals surface area (Å²) >= 11 is 5.21. The van der Waals surface area contributed by atoms with Gasteiger partial charge < -0.3 is 20.6 Å². The number of amides is 1. The Hall–Kier alpha value is -3.92. The van der Waals surface area contributed by atoms with Gasteiger partial charge in [-0.2, -0.15) is 13.2 Å². The second-order valence-electron chi connectivity index (χ2n) is 9.03. The summed E-state index contributed by atoms with van der Waals surface area (Å²) in [7, 11) is 0. The molecule has 38 heavy (non-hydrogen) atoms. The van der Waals surface area contributed by atoms with E-state index in [-0.39, 0.29) is 22.7 Å². The van der Waals surface area contributed by atoms with Crippen molar-refractivity contribution in [2.45, 2.75) is 44.9 Å². The molecule has 0 radical (unpaired) electrons. The number of para-hydroxylation sites is 1. The number of carbonyl (C=O) groups is 2. The van der Waals surface area contributed by atoms with Gasteiger partial charge in [0.1, 0.15) is 6.04 Å². The van der Waals surface area contributed by atoms with Crippen molar-refractivity contribution in [2.75, 3.05) is 10.6 Å². The van der Waals surface area contributed by atoms with Gasteiger partial charge in [0.15, 0.2) is 5.11 Å². The van der Waals surface area contributed by atoms with Crippen LogP contribution < -0.4 is 10.6 Å². The number of hydrogen-bond acceptors (Lipinski definition) is 3. The lowest BCUT2D eigenvalue weighted by molar-refractivity contribution is -0.143. The molecule has 1 unspecified atom stereocenters. The van der Waals surface area contributed by atoms with Crippen LogP contribution in [0.3, 0.4) is 0 Å². The Morgan fingerprint density at radius 2 is 1.71 bits per heavy atom. The molecule has 2 atom stereocenters. The van der Waals surface area contributed by atoms with Crippen LogP contribution in [0.2, 0.25) is 0 Å². The topological polar surface area (TPSA) is 81.7 Å². The smallest absolute Gasteiger partial charge is 0.418 e. The minimum Gasteiger partial charge on any atom is -0.480 e. The molecule has 1 aliphatic rings. The number of nitrogens with one attached hydrogen (secondary N) is 2. The van der Waals surface area contributed by atoms with Gasteiger partial charge in [-0.05, 0) is 78.7 Å². The second-order valence-corrected chi connectivity index (χ2v) is 9.44. The van der Waals surface area contributed by atoms with Gasteiger partial charge in [-0.1, -0.05) is 43.7 Å². The molecule has 0 saturated carbocycles. The van der Waals surface area contributed by atoms with Gasteiger partial charge in [0, 0.05) is 11.3 Å². The van der Waals surface area contributed by atoms with Crippen molar-refractivity contribution < 1.29 is 27.9 Å². The second kappa shape index (κ2) is 10.8. The predicted octanol–water partition coefficient (Wildman–Crippen LogP) is 6.95. The molecule has 0 aliphatic carbocycles. The number of halogens is 3. The van der Waals surface area contributed by atoms with Crippen LogP contribution in [0.15, 0.2) is 66.7 Å². The summed E-state index contributed by atoms with van der Waals surface area (Å²) in [5, 5.41) is 15.2. The number of carboxylic acids is 1. The summed E-state index contributed by atoms with van der Waals surface area (Å²) in [5.41, 5.74) is 2.58. The molecule has 6 nitrogen and oxygen atoms in total. The van der Waals surface area contributed by atoms with E-state index in [0.717, 1.165) is 22.8 Å². The number of anilines is 2. The average Bonchev–Trinajstić information content (AvgIpc) is 3.11. The number of carboxylic acid groups (broad SMARTS) is 1. The zero-order valence-corrected chi connectivity index (χ0v) is 21.5. The molecule has 3 aromatic carbocycles. The zero-order chi connectivity index (χ0) is 27.6. The maximum atomic E-state index is 13.2. The number of fused-ring (bicyclic) bond motifs is 1. The number of alkyl halides is 3. The van der Waals surface area contributed by atoms with Crippen molar-refractivity contribution in [1.82, 2.24) is 4.90 Å². The zero-order valence-electron chi connectivity index (χ0n) is 20.7. The average molecular weight is 542 g/mol. The molecule has 10 heteroatoms. The lowest BCUT2D eigenvalue weighted by Gasteiger charge is -2.28. The Morgan fingerprint density at radius 1 is 1.05 bits per heavy atom. The summed E-state index contributed by atoms with van der Waals surface area (Å²) < 4.78 is 39.7. The third-order valence-corrected chi connectivity index (χ3v) is 6.73. The van der Waals surface area contributed by atoms with Crippen molar-refractivity contribution in [1.29, 1.82) is 0 Å². The molecule has 198 valence electrons. The van der Waals surface area contributed by atoms with Crippen molar-refractivity contribution in [3.05, 3.63) is 83.4 Å². The van der Waals surface area contributed by atoms with E-state index < -0.39 is 23.8 Å². The Labute approximate surface area is 223 Å². The van der Waals surface area contributed by atoms with Crippen LogP contribution in [-0.4, -0.2) is 33.0 Å². The van der Waals surface area contributed by atoms with Gasteiger partial charge in [0.05, 0.1) is 17.3 Å². The molecule has 1 amide bonds. The maximum Gasteiger partial charge on any atom is 0.418 e. The molecule has 0 saturated heterocycles. The van der Waals surface area contributed by atoms with Crippen LogP contribution in [0.1, 0.15) is 54.2 Å². The van der Waals surface area contributed by atoms with Gasteiger partial charge in [-0.3, -0.25) is 4.79 Å². The summed E-state index contributed by atoms with van der Waals surface area (Å²) in [5.74, 6) is -1.30. The molecular formula is C28H26F3N3O3S. The lowest BCUT2D eigenvalue weighted by atomic mass is 9.97. The Balaban J connectivity index is 1.49. The molecule has 4 rings (SSSR count). The van der Waals surface area contributed by atoms with Crippen molar-refractivity contribution in [3.63, 3.8) is 0 Å². The molecule has 1 aliphatic heterocycles. The Kier molecular flexibility index (Phi) is 7.73. The highest BCUT2D eigenvalue weighted by molar-refractivity contribution is 7.80. The fraction of sp³-hybridized carbons (Fsp3) is 0.250. The number of carbonyl (C=O) groups excluding carboxylic acids is 1. The number of nitrogens with zero attached hydrogens (tertiary/aromatic N) is 1. The van der Waals surface area contributed by atoms with E-state index in [1.54, 1.807) is 18.2 Å². The van der Waals surface area contributed by atoms with Gasteiger partial charge >= 0.3 is 12.1 Å². The molecule has 1 heterocycles. The van der Waals surface area contributed by atoms with E-state index >= 15 is 0 Å². The highest BCUT2D eigenvalue weighted by atomic mass is 32.1. The SMILES string of the molecule is CCCC(C(=O)O)N1C(=O)c2ccc(-c3ccc(NC(=S)Nc4ccccc4C(F)(F)F)cc3)cc2[C@@H]1C. The van der Waals surface area contributed by atoms with Crippen LogP contribution in [0, 0.1) is 0 Å². The van der Waals surface area contributed by atoms with E-state index in [0.29, 0.717) is 24.1 Å². The Morgan fingerprint density at radius 3 is 2.34 bits per heavy atom. The lowest BCUT2D eigenvalue weighted by Crippen LogP contribution is -2.42. The van der Waals surface area contributed by atoms with Gasteiger partial charge in [-0.25, -0.2) is 4.79 Å². The first-order chi connectivity index (χ1) is 18.0. The largest absolute Gasteiger partial charge is 0.480 e. The van der Waals surface area contributed by atoms with E-state index in [1.807, 2.05) is 38.1 Å². The number of rotatable bonds is 7. The summed E-state index contributed by atoms with van der Waals surface area (Å²) in [6, 6.07) is 16.4. The minimum atomic E-state index is -4.51.